The number of amides is 1. The van der Waals surface area contributed by atoms with E-state index in [1.807, 2.05) is 37.3 Å². The molecule has 33 heavy (non-hydrogen) atoms. The van der Waals surface area contributed by atoms with E-state index in [0.717, 1.165) is 34.3 Å². The number of benzene rings is 1. The highest BCUT2D eigenvalue weighted by Crippen LogP contribution is 2.34. The van der Waals surface area contributed by atoms with Crippen LogP contribution < -0.4 is 4.74 Å². The van der Waals surface area contributed by atoms with Gasteiger partial charge in [0.1, 0.15) is 23.3 Å². The predicted molar refractivity (Wildman–Crippen MR) is 120 cm³/mol. The zero-order chi connectivity index (χ0) is 22.8. The van der Waals surface area contributed by atoms with Crippen LogP contribution in [0.5, 0.6) is 5.75 Å². The van der Waals surface area contributed by atoms with Gasteiger partial charge < -0.3 is 18.0 Å². The number of rotatable bonds is 7. The summed E-state index contributed by atoms with van der Waals surface area (Å²) in [7, 11) is 1.62. The second-order valence-corrected chi connectivity index (χ2v) is 8.23. The Morgan fingerprint density at radius 3 is 2.70 bits per heavy atom. The summed E-state index contributed by atoms with van der Waals surface area (Å²) < 4.78 is 21.8. The predicted octanol–water partition coefficient (Wildman–Crippen LogP) is 4.71. The molecule has 0 radical (unpaired) electrons. The van der Waals surface area contributed by atoms with Gasteiger partial charge in [-0.2, -0.15) is 5.10 Å². The lowest BCUT2D eigenvalue weighted by molar-refractivity contribution is -0.130. The van der Waals surface area contributed by atoms with E-state index < -0.39 is 0 Å². The van der Waals surface area contributed by atoms with Crippen molar-refractivity contribution in [3.8, 4) is 17.2 Å². The van der Waals surface area contributed by atoms with Gasteiger partial charge in [-0.3, -0.25) is 4.79 Å². The molecule has 0 N–H and O–H groups in total. The third-order valence-corrected chi connectivity index (χ3v) is 6.08. The molecule has 0 aliphatic carbocycles. The molecule has 1 aliphatic heterocycles. The van der Waals surface area contributed by atoms with Gasteiger partial charge in [-0.15, -0.1) is 10.2 Å². The van der Waals surface area contributed by atoms with Crippen molar-refractivity contribution in [2.75, 3.05) is 12.9 Å². The first-order valence-electron chi connectivity index (χ1n) is 10.2. The normalized spacial score (nSPS) is 15.6. The summed E-state index contributed by atoms with van der Waals surface area (Å²) in [6.07, 6.45) is 3.70. The molecule has 0 bridgehead atoms. The number of ether oxygens (including phenoxy) is 1. The Labute approximate surface area is 193 Å². The van der Waals surface area contributed by atoms with Gasteiger partial charge >= 0.3 is 0 Å². The third kappa shape index (κ3) is 4.29. The molecule has 1 aliphatic rings. The smallest absolute Gasteiger partial charge is 0.277 e. The first-order chi connectivity index (χ1) is 16.1. The lowest BCUT2D eigenvalue weighted by atomic mass is 10.0. The van der Waals surface area contributed by atoms with Crippen LogP contribution >= 0.6 is 11.8 Å². The molecular formula is C23H20N4O5S. The maximum atomic E-state index is 13.1. The third-order valence-electron chi connectivity index (χ3n) is 5.28. The van der Waals surface area contributed by atoms with Gasteiger partial charge in [-0.05, 0) is 55.0 Å². The monoisotopic (exact) mass is 464 g/mol. The average molecular weight is 465 g/mol. The van der Waals surface area contributed by atoms with Gasteiger partial charge in [0.25, 0.3) is 17.0 Å². The minimum Gasteiger partial charge on any atom is -0.497 e. The Balaban J connectivity index is 1.32. The summed E-state index contributed by atoms with van der Waals surface area (Å²) in [6.45, 7) is 1.82. The van der Waals surface area contributed by atoms with Crippen molar-refractivity contribution < 1.29 is 22.8 Å². The van der Waals surface area contributed by atoms with Crippen LogP contribution in [0.3, 0.4) is 0 Å². The minimum absolute atomic E-state index is 0.0859. The second-order valence-electron chi connectivity index (χ2n) is 7.30. The summed E-state index contributed by atoms with van der Waals surface area (Å²) >= 11 is 1.16. The van der Waals surface area contributed by atoms with Crippen LogP contribution in [0.25, 0.3) is 11.5 Å². The number of carbonyl (C=O) groups is 1. The topological polar surface area (TPSA) is 107 Å². The van der Waals surface area contributed by atoms with Crippen LogP contribution in [0.15, 0.2) is 78.6 Å². The molecule has 4 aromatic rings. The summed E-state index contributed by atoms with van der Waals surface area (Å²) in [5.74, 6) is 2.37. The van der Waals surface area contributed by atoms with Crippen LogP contribution in [-0.4, -0.2) is 39.7 Å². The summed E-state index contributed by atoms with van der Waals surface area (Å²) in [4.78, 5) is 13.1. The van der Waals surface area contributed by atoms with Gasteiger partial charge in [-0.1, -0.05) is 11.8 Å². The fraction of sp³-hybridized carbons (Fsp3) is 0.217. The maximum absolute atomic E-state index is 13.1. The highest BCUT2D eigenvalue weighted by atomic mass is 32.2. The number of aryl methyl sites for hydroxylation is 1. The first-order valence-corrected chi connectivity index (χ1v) is 11.2. The number of thioether (sulfide) groups is 1. The number of methoxy groups -OCH3 is 1. The Hall–Kier alpha value is -3.79. The zero-order valence-corrected chi connectivity index (χ0v) is 18.7. The molecule has 4 heterocycles. The molecule has 5 rings (SSSR count). The van der Waals surface area contributed by atoms with Crippen LogP contribution in [0.1, 0.15) is 29.5 Å². The van der Waals surface area contributed by atoms with E-state index in [9.17, 15) is 4.79 Å². The molecule has 0 saturated carbocycles. The molecule has 10 heteroatoms. The molecule has 1 amide bonds. The second kappa shape index (κ2) is 8.99. The van der Waals surface area contributed by atoms with Gasteiger partial charge in [0, 0.05) is 6.42 Å². The maximum Gasteiger partial charge on any atom is 0.277 e. The van der Waals surface area contributed by atoms with Crippen molar-refractivity contribution in [1.29, 1.82) is 0 Å². The Morgan fingerprint density at radius 1 is 1.15 bits per heavy atom. The standard InChI is InChI=1S/C23H20N4O5S/c1-14-17(9-11-30-14)22-24-25-23(32-22)33-13-21(28)27-19(20-4-3-10-31-20)12-18(26-27)15-5-7-16(29-2)8-6-15/h3-11,19H,12-13H2,1-2H3/t19-/m0/s1. The lowest BCUT2D eigenvalue weighted by Gasteiger charge is -2.19. The molecule has 0 fully saturated rings. The minimum atomic E-state index is -0.322. The first kappa shape index (κ1) is 21.1. The van der Waals surface area contributed by atoms with Crippen molar-refractivity contribution in [2.24, 2.45) is 5.10 Å². The van der Waals surface area contributed by atoms with Gasteiger partial charge in [-0.25, -0.2) is 5.01 Å². The number of nitrogens with zero attached hydrogens (tertiary/aromatic N) is 4. The Morgan fingerprint density at radius 2 is 2.00 bits per heavy atom. The fourth-order valence-electron chi connectivity index (χ4n) is 3.57. The molecule has 1 atom stereocenters. The number of hydrazone groups is 1. The van der Waals surface area contributed by atoms with Crippen molar-refractivity contribution in [2.45, 2.75) is 24.6 Å². The van der Waals surface area contributed by atoms with E-state index in [4.69, 9.17) is 18.0 Å². The SMILES string of the molecule is COc1ccc(C2=NN(C(=O)CSc3nnc(-c4ccoc4C)o3)[C@H](c3ccco3)C2)cc1. The highest BCUT2D eigenvalue weighted by Gasteiger charge is 2.35. The molecule has 0 spiro atoms. The van der Waals surface area contributed by atoms with Crippen molar-refractivity contribution in [3.05, 3.63) is 72.1 Å². The van der Waals surface area contributed by atoms with Crippen molar-refractivity contribution >= 4 is 23.4 Å². The summed E-state index contributed by atoms with van der Waals surface area (Å²) in [5.41, 5.74) is 2.45. The molecule has 1 aromatic carbocycles. The number of furan rings is 2. The quantitative estimate of drug-likeness (QED) is 0.362. The van der Waals surface area contributed by atoms with E-state index in [1.54, 1.807) is 31.8 Å². The van der Waals surface area contributed by atoms with Crippen LogP contribution in [0, 0.1) is 6.92 Å². The largest absolute Gasteiger partial charge is 0.497 e. The number of aromatic nitrogens is 2. The molecule has 3 aromatic heterocycles. The van der Waals surface area contributed by atoms with E-state index in [0.29, 0.717) is 29.1 Å². The van der Waals surface area contributed by atoms with Gasteiger partial charge in [0.2, 0.25) is 0 Å². The lowest BCUT2D eigenvalue weighted by Crippen LogP contribution is -2.28. The van der Waals surface area contributed by atoms with E-state index in [2.05, 4.69) is 15.3 Å². The van der Waals surface area contributed by atoms with E-state index >= 15 is 0 Å². The van der Waals surface area contributed by atoms with Crippen LogP contribution in [0.4, 0.5) is 0 Å². The zero-order valence-electron chi connectivity index (χ0n) is 17.9. The van der Waals surface area contributed by atoms with Gasteiger partial charge in [0.05, 0.1) is 36.7 Å². The molecule has 168 valence electrons. The summed E-state index contributed by atoms with van der Waals surface area (Å²) in [5, 5.41) is 14.5. The number of carbonyl (C=O) groups excluding carboxylic acids is 1. The van der Waals surface area contributed by atoms with Crippen LogP contribution in [0.2, 0.25) is 0 Å². The van der Waals surface area contributed by atoms with E-state index in [-0.39, 0.29) is 17.7 Å². The fourth-order valence-corrected chi connectivity index (χ4v) is 4.19. The summed E-state index contributed by atoms with van der Waals surface area (Å²) in [6, 6.07) is 12.7. The van der Waals surface area contributed by atoms with Gasteiger partial charge in [0.15, 0.2) is 0 Å². The van der Waals surface area contributed by atoms with Crippen LogP contribution in [-0.2, 0) is 4.79 Å². The highest BCUT2D eigenvalue weighted by molar-refractivity contribution is 7.99. The molecular weight excluding hydrogens is 444 g/mol. The number of hydrogen-bond donors (Lipinski definition) is 0. The number of hydrogen-bond acceptors (Lipinski definition) is 9. The molecule has 0 unspecified atom stereocenters. The Kier molecular flexibility index (Phi) is 5.74. The Bertz CT molecular complexity index is 1280. The molecule has 9 nitrogen and oxygen atoms in total. The molecule has 0 saturated heterocycles. The average Bonchev–Trinajstić information content (AvgIpc) is 3.64. The van der Waals surface area contributed by atoms with Crippen molar-refractivity contribution in [3.63, 3.8) is 0 Å². The van der Waals surface area contributed by atoms with E-state index in [1.165, 1.54) is 5.01 Å². The van der Waals surface area contributed by atoms with Crippen molar-refractivity contribution in [1.82, 2.24) is 15.2 Å².